The second kappa shape index (κ2) is 19.1. The molecule has 0 amide bonds. The van der Waals surface area contributed by atoms with E-state index in [0.29, 0.717) is 17.5 Å². The highest BCUT2D eigenvalue weighted by atomic mass is 31.2. The van der Waals surface area contributed by atoms with E-state index in [2.05, 4.69) is 188 Å². The van der Waals surface area contributed by atoms with Crippen LogP contribution in [0.3, 0.4) is 0 Å². The third-order valence-electron chi connectivity index (χ3n) is 15.5. The Morgan fingerprint density at radius 3 is 1.26 bits per heavy atom. The predicted octanol–water partition coefficient (Wildman–Crippen LogP) is 16.6. The van der Waals surface area contributed by atoms with Gasteiger partial charge in [-0.1, -0.05) is 268 Å². The highest BCUT2D eigenvalue weighted by Crippen LogP contribution is 2.50. The van der Waals surface area contributed by atoms with Gasteiger partial charge in [0, 0.05) is 38.0 Å². The summed E-state index contributed by atoms with van der Waals surface area (Å²) in [4.78, 5) is 15.5. The van der Waals surface area contributed by atoms with Crippen LogP contribution in [0.1, 0.15) is 43.2 Å². The molecule has 1 saturated carbocycles. The fourth-order valence-corrected chi connectivity index (χ4v) is 14.8. The summed E-state index contributed by atoms with van der Waals surface area (Å²) in [7, 11) is -3.34. The van der Waals surface area contributed by atoms with Gasteiger partial charge in [0.25, 0.3) is 0 Å². The van der Waals surface area contributed by atoms with Gasteiger partial charge in [-0.05, 0) is 84.6 Å². The van der Waals surface area contributed by atoms with E-state index in [4.69, 9.17) is 15.0 Å². The summed E-state index contributed by atoms with van der Waals surface area (Å²) >= 11 is 0. The van der Waals surface area contributed by atoms with Crippen LogP contribution < -0.4 is 15.9 Å². The molecule has 0 radical (unpaired) electrons. The number of nitrogens with zero attached hydrogens (tertiary/aromatic N) is 3. The van der Waals surface area contributed by atoms with Gasteiger partial charge < -0.3 is 4.57 Å². The van der Waals surface area contributed by atoms with E-state index in [1.54, 1.807) is 0 Å². The molecular weight excluding hydrogens is 918 g/mol. The van der Waals surface area contributed by atoms with E-state index in [-0.39, 0.29) is 5.41 Å². The Hall–Kier alpha value is -8.56. The maximum Gasteiger partial charge on any atom is 0.172 e. The van der Waals surface area contributed by atoms with Crippen molar-refractivity contribution in [3.63, 3.8) is 0 Å². The van der Waals surface area contributed by atoms with Crippen molar-refractivity contribution in [1.82, 2.24) is 15.0 Å². The van der Waals surface area contributed by atoms with Crippen molar-refractivity contribution in [3.05, 3.63) is 266 Å². The van der Waals surface area contributed by atoms with Crippen LogP contribution >= 0.6 is 7.14 Å². The van der Waals surface area contributed by atoms with Gasteiger partial charge in [0.05, 0.1) is 0 Å². The molecule has 0 unspecified atom stereocenters. The summed E-state index contributed by atoms with van der Waals surface area (Å²) in [5, 5.41) is 9.09. The van der Waals surface area contributed by atoms with Crippen molar-refractivity contribution < 1.29 is 4.57 Å². The molecular formula is C69H52N3OP. The minimum atomic E-state index is -3.34. The topological polar surface area (TPSA) is 55.7 Å². The first-order chi connectivity index (χ1) is 36.5. The molecule has 0 atom stereocenters. The number of rotatable bonds is 10. The average Bonchev–Trinajstić information content (AvgIpc) is 3.49. The number of fused-ring (bicyclic) bond motifs is 3. The summed E-state index contributed by atoms with van der Waals surface area (Å²) in [6, 6.07) is 89.5. The van der Waals surface area contributed by atoms with E-state index in [9.17, 15) is 0 Å². The fraction of sp³-hybridized carbons (Fsp3) is 0.0870. The lowest BCUT2D eigenvalue weighted by atomic mass is 9.65. The van der Waals surface area contributed by atoms with E-state index in [1.165, 1.54) is 28.5 Å². The van der Waals surface area contributed by atoms with E-state index < -0.39 is 7.14 Å². The molecule has 354 valence electrons. The zero-order valence-electron chi connectivity index (χ0n) is 41.0. The molecule has 1 aromatic heterocycles. The van der Waals surface area contributed by atoms with Crippen LogP contribution in [0.2, 0.25) is 0 Å². The molecule has 13 rings (SSSR count). The van der Waals surface area contributed by atoms with Crippen LogP contribution in [0.5, 0.6) is 0 Å². The molecule has 5 heteroatoms. The largest absolute Gasteiger partial charge is 0.309 e. The molecule has 1 aliphatic rings. The molecule has 1 heterocycles. The van der Waals surface area contributed by atoms with Crippen molar-refractivity contribution in [2.24, 2.45) is 0 Å². The Morgan fingerprint density at radius 1 is 0.324 bits per heavy atom. The monoisotopic (exact) mass is 969 g/mol. The fourth-order valence-electron chi connectivity index (χ4n) is 11.8. The van der Waals surface area contributed by atoms with Gasteiger partial charge in [-0.3, -0.25) is 0 Å². The highest BCUT2D eigenvalue weighted by molar-refractivity contribution is 7.86. The van der Waals surface area contributed by atoms with E-state index >= 15 is 4.57 Å². The van der Waals surface area contributed by atoms with Crippen molar-refractivity contribution in [3.8, 4) is 56.4 Å². The van der Waals surface area contributed by atoms with Gasteiger partial charge >= 0.3 is 0 Å². The van der Waals surface area contributed by atoms with Gasteiger partial charge in [-0.2, -0.15) is 0 Å². The average molecular weight is 970 g/mol. The molecule has 0 saturated heterocycles. The first-order valence-electron chi connectivity index (χ1n) is 25.8. The Bertz CT molecular complexity index is 3940. The van der Waals surface area contributed by atoms with Gasteiger partial charge in [-0.15, -0.1) is 0 Å². The molecule has 12 aromatic rings. The Kier molecular flexibility index (Phi) is 11.7. The lowest BCUT2D eigenvalue weighted by Crippen LogP contribution is -2.30. The summed E-state index contributed by atoms with van der Waals surface area (Å²) in [6.45, 7) is 0. The smallest absolute Gasteiger partial charge is 0.172 e. The van der Waals surface area contributed by atoms with Gasteiger partial charge in [0.1, 0.15) is 0 Å². The molecule has 0 aliphatic heterocycles. The van der Waals surface area contributed by atoms with E-state index in [1.807, 2.05) is 66.7 Å². The predicted molar refractivity (Wildman–Crippen MR) is 309 cm³/mol. The first-order valence-corrected chi connectivity index (χ1v) is 27.5. The van der Waals surface area contributed by atoms with Crippen molar-refractivity contribution in [2.75, 3.05) is 0 Å². The van der Waals surface area contributed by atoms with Crippen LogP contribution in [-0.2, 0) is 9.98 Å². The Balaban J connectivity index is 0.889. The zero-order chi connectivity index (χ0) is 49.5. The standard InChI is InChI=1S/C69H52N3OP/c73-74(58-23-7-2-8-24-58,59-25-9-3-10-26-59)65-62-29-15-13-27-60(62)64(61-28-14-16-30-63(61)65)51-37-41-56(42-38-51)69(45-17-4-18-46-69)57-43-39-53(40-44-57)67-70-66(52-34-31-50(32-35-52)48-19-5-1-6-20-48)71-68(72-67)55-36-33-49-21-11-12-22-54(49)47-55/h1-3,5-16,19-44,47H,4,17-18,45-46H2. The molecule has 0 bridgehead atoms. The first kappa shape index (κ1) is 45.3. The normalized spacial score (nSPS) is 13.6. The maximum absolute atomic E-state index is 16.2. The molecule has 1 aliphatic carbocycles. The molecule has 4 nitrogen and oxygen atoms in total. The van der Waals surface area contributed by atoms with Crippen LogP contribution in [0, 0.1) is 0 Å². The SMILES string of the molecule is O=P(c1ccccc1)(c1ccccc1)c1c2ccccc2c(-c2ccc(C3(c4ccc(-c5nc(-c6ccc(-c7ccccc7)cc6)nc(-c6ccc7ccccc7c6)n5)cc4)CCCCC3)cc2)c2ccccc12. The maximum atomic E-state index is 16.2. The molecule has 0 spiro atoms. The zero-order valence-corrected chi connectivity index (χ0v) is 41.9. The second-order valence-corrected chi connectivity index (χ2v) is 22.4. The van der Waals surface area contributed by atoms with Gasteiger partial charge in [-0.25, -0.2) is 15.0 Å². The summed E-state index contributed by atoms with van der Waals surface area (Å²) < 4.78 is 16.2. The Morgan fingerprint density at radius 2 is 0.716 bits per heavy atom. The number of aromatic nitrogens is 3. The van der Waals surface area contributed by atoms with Gasteiger partial charge in [0.15, 0.2) is 24.6 Å². The van der Waals surface area contributed by atoms with Crippen molar-refractivity contribution >= 4 is 55.4 Å². The molecule has 0 N–H and O–H groups in total. The van der Waals surface area contributed by atoms with Crippen LogP contribution in [0.25, 0.3) is 88.7 Å². The van der Waals surface area contributed by atoms with Crippen molar-refractivity contribution in [2.45, 2.75) is 37.5 Å². The van der Waals surface area contributed by atoms with Crippen LogP contribution in [-0.4, -0.2) is 15.0 Å². The van der Waals surface area contributed by atoms with Crippen LogP contribution in [0.15, 0.2) is 255 Å². The van der Waals surface area contributed by atoms with Crippen LogP contribution in [0.4, 0.5) is 0 Å². The third kappa shape index (κ3) is 8.04. The summed E-state index contributed by atoms with van der Waals surface area (Å²) in [5.74, 6) is 1.93. The Labute approximate surface area is 432 Å². The minimum Gasteiger partial charge on any atom is -0.309 e. The number of benzene rings is 11. The lowest BCUT2D eigenvalue weighted by molar-refractivity contribution is 0.346. The quantitative estimate of drug-likeness (QED) is 0.101. The highest BCUT2D eigenvalue weighted by Gasteiger charge is 2.37. The van der Waals surface area contributed by atoms with Crippen molar-refractivity contribution in [1.29, 1.82) is 0 Å². The van der Waals surface area contributed by atoms with E-state index in [0.717, 1.165) is 102 Å². The molecule has 74 heavy (non-hydrogen) atoms. The number of hydrogen-bond acceptors (Lipinski definition) is 4. The third-order valence-corrected chi connectivity index (χ3v) is 18.6. The summed E-state index contributed by atoms with van der Waals surface area (Å²) in [5.41, 5.74) is 9.95. The van der Waals surface area contributed by atoms with Gasteiger partial charge in [0.2, 0.25) is 0 Å². The minimum absolute atomic E-state index is 0.150. The molecule has 1 fully saturated rings. The number of hydrogen-bond donors (Lipinski definition) is 0. The molecule has 11 aromatic carbocycles. The summed E-state index contributed by atoms with van der Waals surface area (Å²) in [6.07, 6.45) is 5.70. The lowest BCUT2D eigenvalue weighted by Gasteiger charge is -2.39. The second-order valence-electron chi connectivity index (χ2n) is 19.7.